The molecule has 0 aliphatic carbocycles. The summed E-state index contributed by atoms with van der Waals surface area (Å²) in [6.07, 6.45) is -0.104. The van der Waals surface area contributed by atoms with Crippen molar-refractivity contribution in [1.29, 1.82) is 0 Å². The molecule has 1 aliphatic heterocycles. The summed E-state index contributed by atoms with van der Waals surface area (Å²) in [6, 6.07) is 6.20. The van der Waals surface area contributed by atoms with Crippen molar-refractivity contribution in [2.24, 2.45) is 10.9 Å². The number of nitrogens with zero attached hydrogens (tertiary/aromatic N) is 3. The van der Waals surface area contributed by atoms with Crippen molar-refractivity contribution < 1.29 is 9.13 Å². The van der Waals surface area contributed by atoms with Gasteiger partial charge in [-0.3, -0.25) is 4.99 Å². The molecular formula is C20H35FIN5O. The van der Waals surface area contributed by atoms with Crippen LogP contribution in [-0.4, -0.2) is 81.8 Å². The minimum Gasteiger partial charge on any atom is -0.489 e. The van der Waals surface area contributed by atoms with Gasteiger partial charge in [-0.15, -0.1) is 24.0 Å². The lowest BCUT2D eigenvalue weighted by Gasteiger charge is -2.34. The Bertz CT molecular complexity index is 596. The topological polar surface area (TPSA) is 52.1 Å². The molecule has 1 saturated heterocycles. The largest absolute Gasteiger partial charge is 0.489 e. The predicted molar refractivity (Wildman–Crippen MR) is 124 cm³/mol. The molecule has 1 aromatic carbocycles. The molecule has 0 aromatic heterocycles. The second-order valence-electron chi connectivity index (χ2n) is 7.43. The van der Waals surface area contributed by atoms with Crippen molar-refractivity contribution in [3.05, 3.63) is 30.1 Å². The third-order valence-corrected chi connectivity index (χ3v) is 4.70. The Balaban J connectivity index is 0.00000392. The van der Waals surface area contributed by atoms with Crippen LogP contribution in [0.2, 0.25) is 0 Å². The number of nitrogens with one attached hydrogen (secondary N) is 2. The van der Waals surface area contributed by atoms with Gasteiger partial charge in [0.2, 0.25) is 0 Å². The standard InChI is InChI=1S/C20H34FN5O.HI/c1-16(15-26-10-8-25(4)9-11-26)13-23-20(22-3)24-14-17(2)27-19-7-5-6-18(21)12-19;/h5-7,12,16-17H,8-11,13-15H2,1-4H3,(H2,22,23,24);1H. The summed E-state index contributed by atoms with van der Waals surface area (Å²) < 4.78 is 18.9. The molecule has 2 rings (SSSR count). The molecule has 160 valence electrons. The lowest BCUT2D eigenvalue weighted by molar-refractivity contribution is 0.139. The van der Waals surface area contributed by atoms with Crippen LogP contribution in [0, 0.1) is 11.7 Å². The number of benzene rings is 1. The third kappa shape index (κ3) is 9.38. The smallest absolute Gasteiger partial charge is 0.191 e. The second-order valence-corrected chi connectivity index (χ2v) is 7.43. The predicted octanol–water partition coefficient (Wildman–Crippen LogP) is 2.26. The van der Waals surface area contributed by atoms with E-state index < -0.39 is 0 Å². The molecule has 2 unspecified atom stereocenters. The Hall–Kier alpha value is -1.13. The number of likely N-dealkylation sites (N-methyl/N-ethyl adjacent to an activating group) is 1. The van der Waals surface area contributed by atoms with Gasteiger partial charge in [-0.1, -0.05) is 13.0 Å². The Morgan fingerprint density at radius 2 is 1.86 bits per heavy atom. The number of piperazine rings is 1. The van der Waals surface area contributed by atoms with Crippen LogP contribution in [0.25, 0.3) is 0 Å². The van der Waals surface area contributed by atoms with E-state index in [1.165, 1.54) is 12.1 Å². The van der Waals surface area contributed by atoms with E-state index in [4.69, 9.17) is 4.74 Å². The number of aliphatic imine (C=N–C) groups is 1. The number of hydrogen-bond acceptors (Lipinski definition) is 4. The van der Waals surface area contributed by atoms with Crippen LogP contribution in [0.5, 0.6) is 5.75 Å². The number of guanidine groups is 1. The Morgan fingerprint density at radius 3 is 2.50 bits per heavy atom. The maximum atomic E-state index is 13.2. The Morgan fingerprint density at radius 1 is 1.18 bits per heavy atom. The van der Waals surface area contributed by atoms with Gasteiger partial charge in [-0.2, -0.15) is 0 Å². The molecule has 0 saturated carbocycles. The van der Waals surface area contributed by atoms with Crippen molar-refractivity contribution in [2.45, 2.75) is 20.0 Å². The molecule has 1 aliphatic rings. The maximum absolute atomic E-state index is 13.2. The van der Waals surface area contributed by atoms with Crippen molar-refractivity contribution in [1.82, 2.24) is 20.4 Å². The van der Waals surface area contributed by atoms with E-state index in [0.717, 1.165) is 45.2 Å². The summed E-state index contributed by atoms with van der Waals surface area (Å²) in [7, 11) is 3.94. The van der Waals surface area contributed by atoms with Crippen LogP contribution >= 0.6 is 24.0 Å². The molecule has 0 amide bonds. The first-order chi connectivity index (χ1) is 13.0. The van der Waals surface area contributed by atoms with E-state index in [0.29, 0.717) is 18.2 Å². The summed E-state index contributed by atoms with van der Waals surface area (Å²) in [6.45, 7) is 11.3. The minimum absolute atomic E-state index is 0. The first kappa shape index (κ1) is 24.9. The van der Waals surface area contributed by atoms with Crippen molar-refractivity contribution in [3.8, 4) is 5.75 Å². The van der Waals surface area contributed by atoms with E-state index in [2.05, 4.69) is 39.4 Å². The van der Waals surface area contributed by atoms with Gasteiger partial charge in [0.05, 0.1) is 6.54 Å². The molecule has 0 radical (unpaired) electrons. The first-order valence-electron chi connectivity index (χ1n) is 9.74. The summed E-state index contributed by atoms with van der Waals surface area (Å²) in [5, 5.41) is 6.65. The quantitative estimate of drug-likeness (QED) is 0.321. The Labute approximate surface area is 185 Å². The zero-order chi connectivity index (χ0) is 19.6. The van der Waals surface area contributed by atoms with Crippen LogP contribution in [0.15, 0.2) is 29.3 Å². The zero-order valence-corrected chi connectivity index (χ0v) is 19.8. The van der Waals surface area contributed by atoms with Gasteiger partial charge < -0.3 is 25.2 Å². The van der Waals surface area contributed by atoms with Crippen molar-refractivity contribution in [2.75, 3.05) is 59.9 Å². The zero-order valence-electron chi connectivity index (χ0n) is 17.4. The van der Waals surface area contributed by atoms with Gasteiger partial charge in [0.25, 0.3) is 0 Å². The molecule has 1 aromatic rings. The molecule has 1 fully saturated rings. The highest BCUT2D eigenvalue weighted by molar-refractivity contribution is 14.0. The summed E-state index contributed by atoms with van der Waals surface area (Å²) in [4.78, 5) is 9.17. The highest BCUT2D eigenvalue weighted by Crippen LogP contribution is 2.13. The molecule has 28 heavy (non-hydrogen) atoms. The van der Waals surface area contributed by atoms with E-state index in [-0.39, 0.29) is 35.9 Å². The van der Waals surface area contributed by atoms with Gasteiger partial charge in [-0.25, -0.2) is 4.39 Å². The first-order valence-corrected chi connectivity index (χ1v) is 9.74. The van der Waals surface area contributed by atoms with Crippen molar-refractivity contribution >= 4 is 29.9 Å². The van der Waals surface area contributed by atoms with Gasteiger partial charge in [0, 0.05) is 52.4 Å². The summed E-state index contributed by atoms with van der Waals surface area (Å²) in [5.74, 6) is 1.54. The van der Waals surface area contributed by atoms with Crippen LogP contribution in [0.4, 0.5) is 4.39 Å². The maximum Gasteiger partial charge on any atom is 0.191 e. The second kappa shape index (κ2) is 13.2. The van der Waals surface area contributed by atoms with E-state index in [9.17, 15) is 4.39 Å². The average Bonchev–Trinajstić information content (AvgIpc) is 2.64. The summed E-state index contributed by atoms with van der Waals surface area (Å²) >= 11 is 0. The van der Waals surface area contributed by atoms with E-state index >= 15 is 0 Å². The number of hydrogen-bond donors (Lipinski definition) is 2. The molecule has 6 nitrogen and oxygen atoms in total. The fourth-order valence-corrected chi connectivity index (χ4v) is 3.08. The highest BCUT2D eigenvalue weighted by Gasteiger charge is 2.16. The monoisotopic (exact) mass is 507 g/mol. The fourth-order valence-electron chi connectivity index (χ4n) is 3.08. The van der Waals surface area contributed by atoms with Crippen LogP contribution < -0.4 is 15.4 Å². The Kier molecular flexibility index (Phi) is 11.7. The normalized spacial score (nSPS) is 18.1. The lowest BCUT2D eigenvalue weighted by atomic mass is 10.1. The van der Waals surface area contributed by atoms with Crippen LogP contribution in [0.1, 0.15) is 13.8 Å². The molecule has 1 heterocycles. The average molecular weight is 507 g/mol. The molecule has 2 atom stereocenters. The number of rotatable bonds is 8. The molecular weight excluding hydrogens is 472 g/mol. The molecule has 0 spiro atoms. The van der Waals surface area contributed by atoms with Gasteiger partial charge >= 0.3 is 0 Å². The molecule has 0 bridgehead atoms. The van der Waals surface area contributed by atoms with Crippen LogP contribution in [-0.2, 0) is 0 Å². The number of ether oxygens (including phenoxy) is 1. The fraction of sp³-hybridized carbons (Fsp3) is 0.650. The molecule has 8 heteroatoms. The lowest BCUT2D eigenvalue weighted by Crippen LogP contribution is -2.48. The third-order valence-electron chi connectivity index (χ3n) is 4.70. The van der Waals surface area contributed by atoms with E-state index in [1.54, 1.807) is 19.2 Å². The van der Waals surface area contributed by atoms with Gasteiger partial charge in [0.15, 0.2) is 5.96 Å². The molecule has 2 N–H and O–H groups in total. The van der Waals surface area contributed by atoms with Crippen molar-refractivity contribution in [3.63, 3.8) is 0 Å². The van der Waals surface area contributed by atoms with Gasteiger partial charge in [0.1, 0.15) is 17.7 Å². The van der Waals surface area contributed by atoms with E-state index in [1.807, 2.05) is 6.92 Å². The number of halogens is 2. The van der Waals surface area contributed by atoms with Crippen LogP contribution in [0.3, 0.4) is 0 Å². The SMILES string of the molecule is CN=C(NCC(C)CN1CCN(C)CC1)NCC(C)Oc1cccc(F)c1.I. The highest BCUT2D eigenvalue weighted by atomic mass is 127. The summed E-state index contributed by atoms with van der Waals surface area (Å²) in [5.41, 5.74) is 0. The van der Waals surface area contributed by atoms with Gasteiger partial charge in [-0.05, 0) is 32.0 Å². The minimum atomic E-state index is -0.292.